The number of halogens is 1. The summed E-state index contributed by atoms with van der Waals surface area (Å²) in [5.41, 5.74) is 1.03. The number of carboxylic acid groups (broad SMARTS) is 1. The first-order valence-corrected chi connectivity index (χ1v) is 5.65. The molecule has 4 nitrogen and oxygen atoms in total. The van der Waals surface area contributed by atoms with Gasteiger partial charge >= 0.3 is 5.97 Å². The molecule has 0 atom stereocenters. The van der Waals surface area contributed by atoms with Gasteiger partial charge in [0.1, 0.15) is 11.6 Å². The van der Waals surface area contributed by atoms with Gasteiger partial charge in [-0.25, -0.2) is 14.2 Å². The zero-order chi connectivity index (χ0) is 14.0. The number of benzene rings is 1. The predicted octanol–water partition coefficient (Wildman–Crippen LogP) is 2.65. The molecule has 0 aliphatic heterocycles. The number of anilines is 1. The summed E-state index contributed by atoms with van der Waals surface area (Å²) in [6, 6.07) is 7.64. The van der Waals surface area contributed by atoms with Crippen LogP contribution in [0.15, 0.2) is 36.5 Å². The van der Waals surface area contributed by atoms with E-state index in [1.54, 1.807) is 6.20 Å². The molecule has 0 aliphatic carbocycles. The number of nitrogens with zero attached hydrogens (tertiary/aromatic N) is 2. The molecule has 19 heavy (non-hydrogen) atoms. The minimum atomic E-state index is -1.28. The molecule has 1 heterocycles. The quantitative estimate of drug-likeness (QED) is 0.921. The first kappa shape index (κ1) is 13.0. The molecule has 98 valence electrons. The molecule has 0 spiro atoms. The van der Waals surface area contributed by atoms with E-state index in [2.05, 4.69) is 4.98 Å². The normalized spacial score (nSPS) is 10.3. The van der Waals surface area contributed by atoms with E-state index in [1.807, 2.05) is 31.1 Å². The van der Waals surface area contributed by atoms with Gasteiger partial charge in [0.05, 0.1) is 5.56 Å². The van der Waals surface area contributed by atoms with Crippen molar-refractivity contribution >= 4 is 11.8 Å². The second-order valence-corrected chi connectivity index (χ2v) is 4.30. The number of hydrogen-bond donors (Lipinski definition) is 1. The summed E-state index contributed by atoms with van der Waals surface area (Å²) in [5.74, 6) is -1.23. The van der Waals surface area contributed by atoms with E-state index in [-0.39, 0.29) is 5.56 Å². The topological polar surface area (TPSA) is 53.4 Å². The fourth-order valence-electron chi connectivity index (χ4n) is 1.69. The van der Waals surface area contributed by atoms with Gasteiger partial charge in [-0.15, -0.1) is 0 Å². The van der Waals surface area contributed by atoms with Crippen LogP contribution in [-0.2, 0) is 0 Å². The van der Waals surface area contributed by atoms with E-state index in [4.69, 9.17) is 5.11 Å². The fraction of sp³-hybridized carbons (Fsp3) is 0.143. The van der Waals surface area contributed by atoms with Gasteiger partial charge in [-0.1, -0.05) is 6.07 Å². The summed E-state index contributed by atoms with van der Waals surface area (Å²) in [4.78, 5) is 17.0. The molecule has 0 saturated heterocycles. The first-order chi connectivity index (χ1) is 8.99. The second-order valence-electron chi connectivity index (χ2n) is 4.30. The van der Waals surface area contributed by atoms with Crippen molar-refractivity contribution in [2.24, 2.45) is 0 Å². The summed E-state index contributed by atoms with van der Waals surface area (Å²) in [5, 5.41) is 8.89. The van der Waals surface area contributed by atoms with Crippen molar-refractivity contribution in [1.82, 2.24) is 4.98 Å². The zero-order valence-electron chi connectivity index (χ0n) is 10.6. The van der Waals surface area contributed by atoms with Crippen molar-refractivity contribution in [3.05, 3.63) is 47.9 Å². The third-order valence-electron chi connectivity index (χ3n) is 2.74. The van der Waals surface area contributed by atoms with Crippen LogP contribution in [0.3, 0.4) is 0 Å². The minimum Gasteiger partial charge on any atom is -0.478 e. The van der Waals surface area contributed by atoms with Gasteiger partial charge in [0.25, 0.3) is 0 Å². The van der Waals surface area contributed by atoms with Gasteiger partial charge in [-0.05, 0) is 29.8 Å². The van der Waals surface area contributed by atoms with E-state index in [0.717, 1.165) is 17.4 Å². The Morgan fingerprint density at radius 2 is 1.89 bits per heavy atom. The molecule has 0 unspecified atom stereocenters. The van der Waals surface area contributed by atoms with Crippen molar-refractivity contribution in [2.75, 3.05) is 19.0 Å². The van der Waals surface area contributed by atoms with Crippen LogP contribution in [0, 0.1) is 5.82 Å². The van der Waals surface area contributed by atoms with Gasteiger partial charge in [-0.2, -0.15) is 0 Å². The fourth-order valence-corrected chi connectivity index (χ4v) is 1.69. The first-order valence-electron chi connectivity index (χ1n) is 5.65. The highest BCUT2D eigenvalue weighted by atomic mass is 19.1. The Labute approximate surface area is 110 Å². The number of aromatic carboxylic acids is 1. The number of carbonyl (C=O) groups is 1. The Hall–Kier alpha value is -2.43. The SMILES string of the molecule is CN(C)c1ccc(-c2ccc(F)c(C(=O)O)c2)cn1. The Balaban J connectivity index is 2.41. The maximum atomic E-state index is 13.3. The standard InChI is InChI=1S/C14H13FN2O2/c1-17(2)13-6-4-10(8-16-13)9-3-5-12(15)11(7-9)14(18)19/h3-8H,1-2H3,(H,18,19). The molecule has 1 N–H and O–H groups in total. The number of aromatic nitrogens is 1. The smallest absolute Gasteiger partial charge is 0.338 e. The largest absolute Gasteiger partial charge is 0.478 e. The number of rotatable bonds is 3. The molecule has 2 aromatic rings. The van der Waals surface area contributed by atoms with Crippen molar-refractivity contribution in [1.29, 1.82) is 0 Å². The maximum Gasteiger partial charge on any atom is 0.338 e. The van der Waals surface area contributed by atoms with E-state index < -0.39 is 11.8 Å². The molecule has 1 aromatic carbocycles. The summed E-state index contributed by atoms with van der Waals surface area (Å²) in [6.45, 7) is 0. The monoisotopic (exact) mass is 260 g/mol. The Bertz CT molecular complexity index is 609. The van der Waals surface area contributed by atoms with Gasteiger partial charge in [0, 0.05) is 25.9 Å². The van der Waals surface area contributed by atoms with Crippen molar-refractivity contribution in [2.45, 2.75) is 0 Å². The van der Waals surface area contributed by atoms with E-state index >= 15 is 0 Å². The van der Waals surface area contributed by atoms with Crippen LogP contribution in [0.1, 0.15) is 10.4 Å². The highest BCUT2D eigenvalue weighted by Crippen LogP contribution is 2.23. The van der Waals surface area contributed by atoms with E-state index in [9.17, 15) is 9.18 Å². The zero-order valence-corrected chi connectivity index (χ0v) is 10.6. The average molecular weight is 260 g/mol. The van der Waals surface area contributed by atoms with Gasteiger partial charge in [0.2, 0.25) is 0 Å². The van der Waals surface area contributed by atoms with Crippen LogP contribution in [0.25, 0.3) is 11.1 Å². The second kappa shape index (κ2) is 5.06. The molecule has 2 rings (SSSR count). The van der Waals surface area contributed by atoms with Crippen molar-refractivity contribution in [3.63, 3.8) is 0 Å². The molecule has 0 aliphatic rings. The molecular formula is C14H13FN2O2. The number of pyridine rings is 1. The van der Waals surface area contributed by atoms with E-state index in [1.165, 1.54) is 12.1 Å². The molecule has 0 bridgehead atoms. The predicted molar refractivity (Wildman–Crippen MR) is 70.9 cm³/mol. The number of hydrogen-bond acceptors (Lipinski definition) is 3. The lowest BCUT2D eigenvalue weighted by molar-refractivity contribution is 0.0692. The molecule has 0 radical (unpaired) electrons. The Morgan fingerprint density at radius 3 is 2.42 bits per heavy atom. The Morgan fingerprint density at radius 1 is 1.21 bits per heavy atom. The van der Waals surface area contributed by atoms with Crippen LogP contribution < -0.4 is 4.90 Å². The highest BCUT2D eigenvalue weighted by molar-refractivity contribution is 5.89. The number of carboxylic acids is 1. The summed E-state index contributed by atoms with van der Waals surface area (Å²) < 4.78 is 13.3. The average Bonchev–Trinajstić information content (AvgIpc) is 2.39. The van der Waals surface area contributed by atoms with Crippen LogP contribution in [-0.4, -0.2) is 30.2 Å². The molecule has 5 heteroatoms. The summed E-state index contributed by atoms with van der Waals surface area (Å²) in [6.07, 6.45) is 1.63. The van der Waals surface area contributed by atoms with Crippen LogP contribution in [0.4, 0.5) is 10.2 Å². The lowest BCUT2D eigenvalue weighted by Crippen LogP contribution is -2.10. The van der Waals surface area contributed by atoms with Gasteiger partial charge in [0.15, 0.2) is 0 Å². The van der Waals surface area contributed by atoms with Crippen molar-refractivity contribution < 1.29 is 14.3 Å². The van der Waals surface area contributed by atoms with Gasteiger partial charge < -0.3 is 10.0 Å². The van der Waals surface area contributed by atoms with Crippen LogP contribution in [0.2, 0.25) is 0 Å². The molecular weight excluding hydrogens is 247 g/mol. The van der Waals surface area contributed by atoms with Crippen molar-refractivity contribution in [3.8, 4) is 11.1 Å². The molecule has 0 fully saturated rings. The highest BCUT2D eigenvalue weighted by Gasteiger charge is 2.11. The molecule has 0 amide bonds. The van der Waals surface area contributed by atoms with Crippen LogP contribution in [0.5, 0.6) is 0 Å². The summed E-state index contributed by atoms with van der Waals surface area (Å²) >= 11 is 0. The lowest BCUT2D eigenvalue weighted by atomic mass is 10.0. The molecule has 0 saturated carbocycles. The lowest BCUT2D eigenvalue weighted by Gasteiger charge is -2.11. The van der Waals surface area contributed by atoms with Crippen LogP contribution >= 0.6 is 0 Å². The minimum absolute atomic E-state index is 0.339. The third-order valence-corrected chi connectivity index (χ3v) is 2.74. The Kier molecular flexibility index (Phi) is 3.46. The maximum absolute atomic E-state index is 13.3. The third kappa shape index (κ3) is 2.70. The summed E-state index contributed by atoms with van der Waals surface area (Å²) in [7, 11) is 3.75. The molecule has 1 aromatic heterocycles. The van der Waals surface area contributed by atoms with E-state index in [0.29, 0.717) is 5.56 Å². The van der Waals surface area contributed by atoms with Gasteiger partial charge in [-0.3, -0.25) is 0 Å².